The van der Waals surface area contributed by atoms with E-state index in [2.05, 4.69) is 12.2 Å². The van der Waals surface area contributed by atoms with Gasteiger partial charge in [0.05, 0.1) is 4.90 Å². The van der Waals surface area contributed by atoms with Crippen molar-refractivity contribution in [3.05, 3.63) is 28.8 Å². The Balaban J connectivity index is 2.37. The van der Waals surface area contributed by atoms with Gasteiger partial charge < -0.3 is 5.32 Å². The Morgan fingerprint density at radius 3 is 2.76 bits per heavy atom. The van der Waals surface area contributed by atoms with Gasteiger partial charge in [-0.2, -0.15) is 4.31 Å². The highest BCUT2D eigenvalue weighted by atomic mass is 35.5. The van der Waals surface area contributed by atoms with Crippen molar-refractivity contribution < 1.29 is 8.42 Å². The summed E-state index contributed by atoms with van der Waals surface area (Å²) in [6, 6.07) is 4.98. The quantitative estimate of drug-likeness (QED) is 0.923. The summed E-state index contributed by atoms with van der Waals surface area (Å²) in [6.07, 6.45) is 2.00. The van der Waals surface area contributed by atoms with Crippen LogP contribution in [0.1, 0.15) is 32.3 Å². The number of nitrogens with one attached hydrogen (secondary N) is 1. The summed E-state index contributed by atoms with van der Waals surface area (Å²) in [7, 11) is -1.64. The molecule has 0 aromatic heterocycles. The molecule has 0 saturated carbocycles. The molecule has 1 aromatic rings. The lowest BCUT2D eigenvalue weighted by Gasteiger charge is -2.36. The Hall–Kier alpha value is -0.620. The van der Waals surface area contributed by atoms with Crippen LogP contribution < -0.4 is 5.32 Å². The Bertz CT molecular complexity index is 604. The highest BCUT2D eigenvalue weighted by Crippen LogP contribution is 2.30. The van der Waals surface area contributed by atoms with Crippen LogP contribution in [0.5, 0.6) is 0 Å². The fourth-order valence-corrected chi connectivity index (χ4v) is 4.81. The molecule has 2 atom stereocenters. The maximum atomic E-state index is 12.9. The van der Waals surface area contributed by atoms with Crippen molar-refractivity contribution in [1.29, 1.82) is 0 Å². The summed E-state index contributed by atoms with van der Waals surface area (Å²) in [6.45, 7) is 5.25. The van der Waals surface area contributed by atoms with E-state index in [1.54, 1.807) is 22.5 Å². The normalized spacial score (nSPS) is 24.2. The number of hydrogen-bond acceptors (Lipinski definition) is 3. The fraction of sp³-hybridized carbons (Fsp3) is 0.600. The Morgan fingerprint density at radius 2 is 2.10 bits per heavy atom. The standard InChI is InChI=1S/C15H23ClN2O2S/c1-11-5-4-8-18(12(11)2)21(19,20)14-6-7-15(16)13(9-14)10-17-3/h6-7,9,11-12,17H,4-5,8,10H2,1-3H3. The average Bonchev–Trinajstić information content (AvgIpc) is 2.44. The number of hydrogen-bond donors (Lipinski definition) is 1. The van der Waals surface area contributed by atoms with Gasteiger partial charge in [-0.15, -0.1) is 0 Å². The molecule has 1 fully saturated rings. The first-order chi connectivity index (χ1) is 9.87. The molecule has 0 aliphatic carbocycles. The number of benzene rings is 1. The van der Waals surface area contributed by atoms with Gasteiger partial charge in [0.1, 0.15) is 0 Å². The van der Waals surface area contributed by atoms with Crippen LogP contribution >= 0.6 is 11.6 Å². The van der Waals surface area contributed by atoms with E-state index < -0.39 is 10.0 Å². The highest BCUT2D eigenvalue weighted by molar-refractivity contribution is 7.89. The van der Waals surface area contributed by atoms with E-state index >= 15 is 0 Å². The first-order valence-corrected chi connectivity index (χ1v) is 9.14. The average molecular weight is 331 g/mol. The van der Waals surface area contributed by atoms with E-state index in [9.17, 15) is 8.42 Å². The van der Waals surface area contributed by atoms with E-state index in [1.165, 1.54) is 0 Å². The molecule has 1 aliphatic heterocycles. The predicted octanol–water partition coefficient (Wildman–Crippen LogP) is 2.87. The lowest BCUT2D eigenvalue weighted by molar-refractivity contribution is 0.202. The number of sulfonamides is 1. The zero-order chi connectivity index (χ0) is 15.6. The molecule has 1 aliphatic rings. The maximum absolute atomic E-state index is 12.9. The molecular formula is C15H23ClN2O2S. The van der Waals surface area contributed by atoms with Gasteiger partial charge in [-0.25, -0.2) is 8.42 Å². The van der Waals surface area contributed by atoms with Crippen LogP contribution in [0.15, 0.2) is 23.1 Å². The van der Waals surface area contributed by atoms with Crippen LogP contribution in [0.2, 0.25) is 5.02 Å². The molecule has 1 heterocycles. The van der Waals surface area contributed by atoms with Gasteiger partial charge in [-0.1, -0.05) is 18.5 Å². The Morgan fingerprint density at radius 1 is 1.38 bits per heavy atom. The van der Waals surface area contributed by atoms with Crippen molar-refractivity contribution in [2.75, 3.05) is 13.6 Å². The van der Waals surface area contributed by atoms with Gasteiger partial charge in [0.25, 0.3) is 0 Å². The van der Waals surface area contributed by atoms with Crippen molar-refractivity contribution in [2.45, 2.75) is 44.2 Å². The topological polar surface area (TPSA) is 49.4 Å². The lowest BCUT2D eigenvalue weighted by atomic mass is 9.94. The second-order valence-electron chi connectivity index (χ2n) is 5.76. The molecule has 0 bridgehead atoms. The van der Waals surface area contributed by atoms with E-state index in [1.807, 2.05) is 14.0 Å². The van der Waals surface area contributed by atoms with E-state index in [0.29, 0.717) is 28.9 Å². The van der Waals surface area contributed by atoms with Crippen molar-refractivity contribution in [3.8, 4) is 0 Å². The molecule has 1 aromatic carbocycles. The third-order valence-electron chi connectivity index (χ3n) is 4.31. The molecule has 0 spiro atoms. The van der Waals surface area contributed by atoms with Gasteiger partial charge in [0, 0.05) is 24.2 Å². The summed E-state index contributed by atoms with van der Waals surface area (Å²) in [5, 5.41) is 3.59. The number of nitrogens with zero attached hydrogens (tertiary/aromatic N) is 1. The van der Waals surface area contributed by atoms with Crippen LogP contribution in [0.25, 0.3) is 0 Å². The molecule has 0 amide bonds. The molecule has 21 heavy (non-hydrogen) atoms. The smallest absolute Gasteiger partial charge is 0.243 e. The van der Waals surface area contributed by atoms with Gasteiger partial charge in [-0.05, 0) is 56.5 Å². The highest BCUT2D eigenvalue weighted by Gasteiger charge is 2.34. The lowest BCUT2D eigenvalue weighted by Crippen LogP contribution is -2.45. The van der Waals surface area contributed by atoms with Crippen LogP contribution in [-0.4, -0.2) is 32.4 Å². The first-order valence-electron chi connectivity index (χ1n) is 7.32. The summed E-state index contributed by atoms with van der Waals surface area (Å²) in [4.78, 5) is 0.332. The van der Waals surface area contributed by atoms with Gasteiger partial charge in [0.15, 0.2) is 0 Å². The largest absolute Gasteiger partial charge is 0.316 e. The molecule has 4 nitrogen and oxygen atoms in total. The van der Waals surface area contributed by atoms with Crippen LogP contribution in [0.3, 0.4) is 0 Å². The first kappa shape index (κ1) is 16.7. The molecule has 2 unspecified atom stereocenters. The van der Waals surface area contributed by atoms with E-state index in [0.717, 1.165) is 18.4 Å². The molecule has 1 saturated heterocycles. The zero-order valence-electron chi connectivity index (χ0n) is 12.8. The monoisotopic (exact) mass is 330 g/mol. The summed E-state index contributed by atoms with van der Waals surface area (Å²) < 4.78 is 27.4. The summed E-state index contributed by atoms with van der Waals surface area (Å²) in [5.74, 6) is 0.387. The van der Waals surface area contributed by atoms with Gasteiger partial charge >= 0.3 is 0 Å². The fourth-order valence-electron chi connectivity index (χ4n) is 2.81. The summed E-state index contributed by atoms with van der Waals surface area (Å²) >= 11 is 6.11. The minimum absolute atomic E-state index is 0.0344. The minimum atomic E-state index is -3.45. The van der Waals surface area contributed by atoms with Crippen molar-refractivity contribution in [1.82, 2.24) is 9.62 Å². The minimum Gasteiger partial charge on any atom is -0.316 e. The van der Waals surface area contributed by atoms with Crippen LogP contribution in [0, 0.1) is 5.92 Å². The number of halogens is 1. The van der Waals surface area contributed by atoms with Crippen LogP contribution in [-0.2, 0) is 16.6 Å². The third kappa shape index (κ3) is 3.42. The third-order valence-corrected chi connectivity index (χ3v) is 6.66. The maximum Gasteiger partial charge on any atom is 0.243 e. The SMILES string of the molecule is CNCc1cc(S(=O)(=O)N2CCCC(C)C2C)ccc1Cl. The predicted molar refractivity (Wildman–Crippen MR) is 86.0 cm³/mol. The number of piperidine rings is 1. The van der Waals surface area contributed by atoms with Crippen LogP contribution in [0.4, 0.5) is 0 Å². The van der Waals surface area contributed by atoms with Gasteiger partial charge in [-0.3, -0.25) is 0 Å². The van der Waals surface area contributed by atoms with E-state index in [4.69, 9.17) is 11.6 Å². The molecule has 118 valence electrons. The summed E-state index contributed by atoms with van der Waals surface area (Å²) in [5.41, 5.74) is 0.804. The second kappa shape index (κ2) is 6.65. The molecule has 0 radical (unpaired) electrons. The number of rotatable bonds is 4. The molecule has 2 rings (SSSR count). The zero-order valence-corrected chi connectivity index (χ0v) is 14.3. The molecule has 1 N–H and O–H groups in total. The van der Waals surface area contributed by atoms with E-state index in [-0.39, 0.29) is 6.04 Å². The van der Waals surface area contributed by atoms with Crippen molar-refractivity contribution in [3.63, 3.8) is 0 Å². The Labute approximate surface area is 132 Å². The Kier molecular flexibility index (Phi) is 5.30. The van der Waals surface area contributed by atoms with Gasteiger partial charge in [0.2, 0.25) is 10.0 Å². The molecule has 6 heteroatoms. The van der Waals surface area contributed by atoms with Crippen molar-refractivity contribution in [2.24, 2.45) is 5.92 Å². The second-order valence-corrected chi connectivity index (χ2v) is 8.06. The van der Waals surface area contributed by atoms with Crippen molar-refractivity contribution >= 4 is 21.6 Å². The molecular weight excluding hydrogens is 308 g/mol.